The number of ether oxygens (including phenoxy) is 1. The van der Waals surface area contributed by atoms with Crippen LogP contribution in [-0.4, -0.2) is 29.6 Å². The fraction of sp³-hybridized carbons (Fsp3) is 0.222. The van der Waals surface area contributed by atoms with Gasteiger partial charge in [-0.25, -0.2) is 0 Å². The number of alkyl halides is 3. The van der Waals surface area contributed by atoms with Gasteiger partial charge in [0.2, 0.25) is 0 Å². The zero-order valence-corrected chi connectivity index (χ0v) is 25.4. The topological polar surface area (TPSA) is 60.3 Å². The lowest BCUT2D eigenvalue weighted by Gasteiger charge is -2.22. The molecule has 0 fully saturated rings. The first-order chi connectivity index (χ1) is 21.6. The number of nitrogens with one attached hydrogen (secondary N) is 1. The summed E-state index contributed by atoms with van der Waals surface area (Å²) in [4.78, 5) is 24.3. The fourth-order valence-corrected chi connectivity index (χ4v) is 5.48. The molecule has 0 aliphatic rings. The average Bonchev–Trinajstić information content (AvgIpc) is 3.45. The second-order valence-electron chi connectivity index (χ2n) is 10.7. The van der Waals surface area contributed by atoms with Gasteiger partial charge in [0.1, 0.15) is 0 Å². The van der Waals surface area contributed by atoms with E-state index in [1.54, 1.807) is 19.1 Å². The molecule has 1 amide bonds. The van der Waals surface area contributed by atoms with E-state index in [2.05, 4.69) is 9.88 Å². The van der Waals surface area contributed by atoms with E-state index in [9.17, 15) is 22.8 Å². The Labute approximate surface area is 264 Å². The summed E-state index contributed by atoms with van der Waals surface area (Å²) in [6.45, 7) is 2.22. The number of hydrogen-bond donors (Lipinski definition) is 1. The summed E-state index contributed by atoms with van der Waals surface area (Å²) >= 11 is 6.09. The second kappa shape index (κ2) is 14.0. The molecule has 232 valence electrons. The predicted molar refractivity (Wildman–Crippen MR) is 170 cm³/mol. The van der Waals surface area contributed by atoms with Gasteiger partial charge in [-0.15, -0.1) is 0 Å². The highest BCUT2D eigenvalue weighted by atomic mass is 35.5. The molecule has 4 aromatic carbocycles. The zero-order valence-electron chi connectivity index (χ0n) is 24.6. The molecule has 0 bridgehead atoms. The SMILES string of the molecule is CCOC(=O)CCNC(=O)c1ccc(C(CCc2ccc(Cl)cc2)n2ccc3cc(-c4ccc(C(F)(F)F)cc4)ccc32)cc1. The molecule has 5 aromatic rings. The monoisotopic (exact) mass is 632 g/mol. The Morgan fingerprint density at radius 2 is 1.58 bits per heavy atom. The predicted octanol–water partition coefficient (Wildman–Crippen LogP) is 8.89. The third-order valence-electron chi connectivity index (χ3n) is 7.70. The number of fused-ring (bicyclic) bond motifs is 1. The lowest BCUT2D eigenvalue weighted by Crippen LogP contribution is -2.26. The lowest BCUT2D eigenvalue weighted by atomic mass is 9.97. The summed E-state index contributed by atoms with van der Waals surface area (Å²) in [6, 6.07) is 28.2. The summed E-state index contributed by atoms with van der Waals surface area (Å²) in [5, 5.41) is 4.39. The molecular weight excluding hydrogens is 601 g/mol. The van der Waals surface area contributed by atoms with Crippen LogP contribution in [0.1, 0.15) is 52.9 Å². The molecule has 0 radical (unpaired) electrons. The summed E-state index contributed by atoms with van der Waals surface area (Å²) in [6.07, 6.45) is -0.722. The van der Waals surface area contributed by atoms with E-state index < -0.39 is 11.7 Å². The third kappa shape index (κ3) is 7.94. The minimum absolute atomic E-state index is 0.0731. The molecule has 0 spiro atoms. The van der Waals surface area contributed by atoms with E-state index in [1.807, 2.05) is 66.9 Å². The van der Waals surface area contributed by atoms with Crippen LogP contribution in [0.3, 0.4) is 0 Å². The van der Waals surface area contributed by atoms with Crippen LogP contribution in [0.25, 0.3) is 22.0 Å². The van der Waals surface area contributed by atoms with Crippen LogP contribution in [0, 0.1) is 0 Å². The van der Waals surface area contributed by atoms with Gasteiger partial charge in [0, 0.05) is 34.2 Å². The zero-order chi connectivity index (χ0) is 32.0. The number of aromatic nitrogens is 1. The molecular formula is C36H32ClF3N2O3. The van der Waals surface area contributed by atoms with Gasteiger partial charge in [0.15, 0.2) is 0 Å². The first-order valence-electron chi connectivity index (χ1n) is 14.7. The van der Waals surface area contributed by atoms with Gasteiger partial charge in [-0.05, 0) is 96.6 Å². The molecule has 0 aliphatic carbocycles. The van der Waals surface area contributed by atoms with Crippen molar-refractivity contribution in [1.82, 2.24) is 9.88 Å². The molecule has 5 rings (SSSR count). The van der Waals surface area contributed by atoms with Crippen molar-refractivity contribution >= 4 is 34.4 Å². The molecule has 5 nitrogen and oxygen atoms in total. The molecule has 0 saturated heterocycles. The van der Waals surface area contributed by atoms with Gasteiger partial charge in [0.05, 0.1) is 24.6 Å². The third-order valence-corrected chi connectivity index (χ3v) is 7.95. The highest BCUT2D eigenvalue weighted by molar-refractivity contribution is 6.30. The highest BCUT2D eigenvalue weighted by Crippen LogP contribution is 2.34. The van der Waals surface area contributed by atoms with E-state index in [0.29, 0.717) is 22.8 Å². The number of hydrogen-bond acceptors (Lipinski definition) is 3. The lowest BCUT2D eigenvalue weighted by molar-refractivity contribution is -0.143. The van der Waals surface area contributed by atoms with E-state index in [0.717, 1.165) is 52.6 Å². The van der Waals surface area contributed by atoms with Gasteiger partial charge in [0.25, 0.3) is 5.91 Å². The molecule has 0 saturated carbocycles. The van der Waals surface area contributed by atoms with Gasteiger partial charge in [-0.2, -0.15) is 13.2 Å². The first kappa shape index (κ1) is 31.9. The van der Waals surface area contributed by atoms with Crippen LogP contribution >= 0.6 is 11.6 Å². The number of esters is 1. The second-order valence-corrected chi connectivity index (χ2v) is 11.1. The normalized spacial score (nSPS) is 12.2. The number of amides is 1. The molecule has 1 heterocycles. The summed E-state index contributed by atoms with van der Waals surface area (Å²) in [7, 11) is 0. The number of benzene rings is 4. The Morgan fingerprint density at radius 1 is 0.889 bits per heavy atom. The van der Waals surface area contributed by atoms with Crippen LogP contribution in [0.5, 0.6) is 0 Å². The number of carbonyl (C=O) groups is 2. The average molecular weight is 633 g/mol. The summed E-state index contributed by atoms with van der Waals surface area (Å²) in [5.41, 5.74) is 4.46. The molecule has 1 N–H and O–H groups in total. The van der Waals surface area contributed by atoms with Crippen molar-refractivity contribution in [2.45, 2.75) is 38.4 Å². The van der Waals surface area contributed by atoms with Crippen LogP contribution in [-0.2, 0) is 22.1 Å². The molecule has 9 heteroatoms. The number of carbonyl (C=O) groups excluding carboxylic acids is 2. The van der Waals surface area contributed by atoms with Crippen molar-refractivity contribution in [3.05, 3.63) is 131 Å². The van der Waals surface area contributed by atoms with Crippen LogP contribution < -0.4 is 5.32 Å². The van der Waals surface area contributed by atoms with Crippen molar-refractivity contribution in [2.75, 3.05) is 13.2 Å². The van der Waals surface area contributed by atoms with Gasteiger partial charge >= 0.3 is 12.1 Å². The van der Waals surface area contributed by atoms with Crippen molar-refractivity contribution in [3.8, 4) is 11.1 Å². The number of halogens is 4. The Balaban J connectivity index is 1.40. The van der Waals surface area contributed by atoms with Crippen molar-refractivity contribution in [1.29, 1.82) is 0 Å². The molecule has 0 aliphatic heterocycles. The van der Waals surface area contributed by atoms with Gasteiger partial charge < -0.3 is 14.6 Å². The Hall–Kier alpha value is -4.56. The van der Waals surface area contributed by atoms with Gasteiger partial charge in [-0.1, -0.05) is 54.1 Å². The Kier molecular flexibility index (Phi) is 9.93. The Bertz CT molecular complexity index is 1760. The number of rotatable bonds is 11. The Morgan fingerprint density at radius 3 is 2.24 bits per heavy atom. The standard InChI is InChI=1S/C36H32ClF3N2O3/c1-2-45-34(43)19-21-41-35(44)27-8-6-26(7-9-27)32(17-5-24-3-15-31(37)16-4-24)42-22-20-29-23-28(12-18-33(29)42)25-10-13-30(14-11-25)36(38,39)40/h3-4,6-16,18,20,22-23,32H,2,5,17,19,21H2,1H3,(H,41,44). The minimum Gasteiger partial charge on any atom is -0.466 e. The first-order valence-corrected chi connectivity index (χ1v) is 15.1. The molecule has 1 aromatic heterocycles. The molecule has 1 unspecified atom stereocenters. The van der Waals surface area contributed by atoms with E-state index in [1.165, 1.54) is 12.1 Å². The highest BCUT2D eigenvalue weighted by Gasteiger charge is 2.30. The number of aryl methyl sites for hydroxylation is 1. The maximum absolute atomic E-state index is 13.1. The molecule has 1 atom stereocenters. The van der Waals surface area contributed by atoms with Crippen LogP contribution in [0.15, 0.2) is 103 Å². The quantitative estimate of drug-likeness (QED) is 0.148. The van der Waals surface area contributed by atoms with Crippen molar-refractivity contribution < 1.29 is 27.5 Å². The van der Waals surface area contributed by atoms with E-state index in [-0.39, 0.29) is 30.9 Å². The van der Waals surface area contributed by atoms with Crippen LogP contribution in [0.4, 0.5) is 13.2 Å². The minimum atomic E-state index is -4.38. The van der Waals surface area contributed by atoms with Crippen molar-refractivity contribution in [2.24, 2.45) is 0 Å². The van der Waals surface area contributed by atoms with E-state index in [4.69, 9.17) is 16.3 Å². The molecule has 45 heavy (non-hydrogen) atoms. The van der Waals surface area contributed by atoms with Gasteiger partial charge in [-0.3, -0.25) is 9.59 Å². The largest absolute Gasteiger partial charge is 0.466 e. The van der Waals surface area contributed by atoms with E-state index >= 15 is 0 Å². The summed E-state index contributed by atoms with van der Waals surface area (Å²) < 4.78 is 46.3. The number of nitrogens with zero attached hydrogens (tertiary/aromatic N) is 1. The smallest absolute Gasteiger partial charge is 0.416 e. The fourth-order valence-electron chi connectivity index (χ4n) is 5.36. The summed E-state index contributed by atoms with van der Waals surface area (Å²) in [5.74, 6) is -0.632. The maximum Gasteiger partial charge on any atom is 0.416 e. The van der Waals surface area contributed by atoms with Crippen molar-refractivity contribution in [3.63, 3.8) is 0 Å². The maximum atomic E-state index is 13.1. The van der Waals surface area contributed by atoms with Crippen LogP contribution in [0.2, 0.25) is 5.02 Å².